The van der Waals surface area contributed by atoms with Gasteiger partial charge in [-0.15, -0.1) is 0 Å². The van der Waals surface area contributed by atoms with Crippen LogP contribution < -0.4 is 5.32 Å². The Labute approximate surface area is 121 Å². The minimum Gasteiger partial charge on any atom is -0.481 e. The lowest BCUT2D eigenvalue weighted by atomic mass is 10.00. The first-order valence-corrected chi connectivity index (χ1v) is 7.95. The van der Waals surface area contributed by atoms with Gasteiger partial charge in [0.25, 0.3) is 0 Å². The molecule has 1 aromatic rings. The zero-order chi connectivity index (χ0) is 15.2. The Kier molecular flexibility index (Phi) is 3.22. The lowest BCUT2D eigenvalue weighted by Gasteiger charge is -2.37. The fraction of sp³-hybridized carbons (Fsp3) is 0.385. The maximum absolute atomic E-state index is 12.4. The average molecular weight is 310 g/mol. The minimum atomic E-state index is -3.61. The molecule has 2 aliphatic heterocycles. The van der Waals surface area contributed by atoms with Crippen LogP contribution in [-0.2, 0) is 26.0 Å². The van der Waals surface area contributed by atoms with Gasteiger partial charge < -0.3 is 10.4 Å². The molecule has 0 aromatic heterocycles. The van der Waals surface area contributed by atoms with Gasteiger partial charge in [0.1, 0.15) is 0 Å². The summed E-state index contributed by atoms with van der Waals surface area (Å²) in [5.74, 6) is -1.20. The molecule has 8 heteroatoms. The summed E-state index contributed by atoms with van der Waals surface area (Å²) in [6.07, 6.45) is 0.162. The molecule has 0 spiro atoms. The summed E-state index contributed by atoms with van der Waals surface area (Å²) in [6, 6.07) is 4.55. The van der Waals surface area contributed by atoms with Crippen molar-refractivity contribution in [1.82, 2.24) is 4.31 Å². The highest BCUT2D eigenvalue weighted by Gasteiger charge is 2.38. The number of sulfonamides is 1. The van der Waals surface area contributed by atoms with Crippen molar-refractivity contribution in [2.45, 2.75) is 17.7 Å². The number of fused-ring (bicyclic) bond motifs is 1. The Morgan fingerprint density at radius 1 is 1.38 bits per heavy atom. The van der Waals surface area contributed by atoms with Crippen LogP contribution in [0.4, 0.5) is 5.69 Å². The summed E-state index contributed by atoms with van der Waals surface area (Å²) in [5, 5.41) is 11.3. The smallest absolute Gasteiger partial charge is 0.303 e. The van der Waals surface area contributed by atoms with Crippen molar-refractivity contribution in [3.05, 3.63) is 23.8 Å². The van der Waals surface area contributed by atoms with E-state index in [1.165, 1.54) is 16.4 Å². The van der Waals surface area contributed by atoms with E-state index < -0.39 is 16.0 Å². The van der Waals surface area contributed by atoms with Gasteiger partial charge in [0.2, 0.25) is 15.9 Å². The van der Waals surface area contributed by atoms with Crippen molar-refractivity contribution < 1.29 is 23.1 Å². The van der Waals surface area contributed by atoms with Gasteiger partial charge in [0, 0.05) is 18.8 Å². The number of carboxylic acids is 1. The van der Waals surface area contributed by atoms with Gasteiger partial charge in [-0.1, -0.05) is 0 Å². The van der Waals surface area contributed by atoms with Crippen LogP contribution in [0, 0.1) is 5.92 Å². The number of anilines is 1. The van der Waals surface area contributed by atoms with Crippen LogP contribution in [0.1, 0.15) is 12.0 Å². The number of hydrogen-bond acceptors (Lipinski definition) is 4. The van der Waals surface area contributed by atoms with E-state index in [0.717, 1.165) is 0 Å². The van der Waals surface area contributed by atoms with Crippen LogP contribution in [-0.4, -0.2) is 42.8 Å². The molecular weight excluding hydrogens is 296 g/mol. The molecule has 0 atom stereocenters. The Bertz CT molecular complexity index is 722. The fourth-order valence-corrected chi connectivity index (χ4v) is 4.25. The Morgan fingerprint density at radius 2 is 2.10 bits per heavy atom. The van der Waals surface area contributed by atoms with Gasteiger partial charge in [-0.05, 0) is 29.7 Å². The molecule has 0 saturated carbocycles. The highest BCUT2D eigenvalue weighted by atomic mass is 32.2. The second-order valence-electron chi connectivity index (χ2n) is 5.33. The van der Waals surface area contributed by atoms with Crippen molar-refractivity contribution in [3.63, 3.8) is 0 Å². The lowest BCUT2D eigenvalue weighted by molar-refractivity contribution is -0.139. The molecule has 1 fully saturated rings. The normalized spacial score (nSPS) is 19.0. The second-order valence-corrected chi connectivity index (χ2v) is 7.27. The summed E-state index contributed by atoms with van der Waals surface area (Å²) in [5.41, 5.74) is 1.31. The molecule has 2 aliphatic rings. The molecule has 1 saturated heterocycles. The Hall–Kier alpha value is -1.93. The first kappa shape index (κ1) is 14.0. The first-order valence-electron chi connectivity index (χ1n) is 6.51. The zero-order valence-electron chi connectivity index (χ0n) is 11.1. The first-order chi connectivity index (χ1) is 9.86. The standard InChI is InChI=1S/C13H14N2O5S/c16-12-5-9-4-10(1-2-11(9)14-12)21(19,20)15-6-8(7-15)3-13(17)18/h1-2,4,8H,3,5-7H2,(H,14,16)(H,17,18). The van der Waals surface area contributed by atoms with Gasteiger partial charge in [-0.3, -0.25) is 9.59 Å². The van der Waals surface area contributed by atoms with Crippen molar-refractivity contribution in [3.8, 4) is 0 Å². The zero-order valence-corrected chi connectivity index (χ0v) is 11.9. The number of hydrogen-bond donors (Lipinski definition) is 2. The molecule has 1 aromatic carbocycles. The van der Waals surface area contributed by atoms with Crippen LogP contribution in [0.3, 0.4) is 0 Å². The monoisotopic (exact) mass is 310 g/mol. The number of nitrogens with zero attached hydrogens (tertiary/aromatic N) is 1. The molecule has 0 radical (unpaired) electrons. The third-order valence-electron chi connectivity index (χ3n) is 3.73. The van der Waals surface area contributed by atoms with Gasteiger partial charge in [0.15, 0.2) is 0 Å². The molecule has 0 unspecified atom stereocenters. The van der Waals surface area contributed by atoms with E-state index in [9.17, 15) is 18.0 Å². The summed E-state index contributed by atoms with van der Waals surface area (Å²) in [6.45, 7) is 0.450. The predicted octanol–water partition coefficient (Wildman–Crippen LogP) is 0.276. The Balaban J connectivity index is 1.77. The van der Waals surface area contributed by atoms with Crippen LogP contribution in [0.25, 0.3) is 0 Å². The molecule has 7 nitrogen and oxygen atoms in total. The summed E-state index contributed by atoms with van der Waals surface area (Å²) in [7, 11) is -3.61. The number of carboxylic acid groups (broad SMARTS) is 1. The van der Waals surface area contributed by atoms with Crippen LogP contribution in [0.5, 0.6) is 0 Å². The molecule has 112 valence electrons. The highest BCUT2D eigenvalue weighted by Crippen LogP contribution is 2.30. The molecule has 0 aliphatic carbocycles. The highest BCUT2D eigenvalue weighted by molar-refractivity contribution is 7.89. The number of rotatable bonds is 4. The number of carbonyl (C=O) groups excluding carboxylic acids is 1. The van der Waals surface area contributed by atoms with E-state index in [0.29, 0.717) is 11.3 Å². The topological polar surface area (TPSA) is 104 Å². The molecule has 0 bridgehead atoms. The largest absolute Gasteiger partial charge is 0.481 e. The summed E-state index contributed by atoms with van der Waals surface area (Å²) in [4.78, 5) is 22.0. The maximum Gasteiger partial charge on any atom is 0.303 e. The minimum absolute atomic E-state index is 0.0192. The number of carbonyl (C=O) groups is 2. The molecular formula is C13H14N2O5S. The third kappa shape index (κ3) is 2.52. The third-order valence-corrected chi connectivity index (χ3v) is 5.55. The lowest BCUT2D eigenvalue weighted by Crippen LogP contribution is -2.50. The Morgan fingerprint density at radius 3 is 2.76 bits per heavy atom. The van der Waals surface area contributed by atoms with Gasteiger partial charge in [-0.2, -0.15) is 4.31 Å². The molecule has 1 amide bonds. The predicted molar refractivity (Wildman–Crippen MR) is 73.3 cm³/mol. The fourth-order valence-electron chi connectivity index (χ4n) is 2.61. The SMILES string of the molecule is O=C(O)CC1CN(S(=O)(=O)c2ccc3c(c2)CC(=O)N3)C1. The second kappa shape index (κ2) is 4.81. The van der Waals surface area contributed by atoms with E-state index >= 15 is 0 Å². The molecule has 21 heavy (non-hydrogen) atoms. The van der Waals surface area contributed by atoms with Gasteiger partial charge in [0.05, 0.1) is 17.7 Å². The number of aliphatic carboxylic acids is 1. The molecule has 2 heterocycles. The van der Waals surface area contributed by atoms with E-state index in [-0.39, 0.29) is 42.7 Å². The van der Waals surface area contributed by atoms with Crippen molar-refractivity contribution in [2.75, 3.05) is 18.4 Å². The van der Waals surface area contributed by atoms with E-state index in [4.69, 9.17) is 5.11 Å². The molecule has 2 N–H and O–H groups in total. The summed E-state index contributed by atoms with van der Waals surface area (Å²) >= 11 is 0. The maximum atomic E-state index is 12.4. The number of benzene rings is 1. The van der Waals surface area contributed by atoms with Crippen molar-refractivity contribution >= 4 is 27.6 Å². The van der Waals surface area contributed by atoms with Crippen LogP contribution in [0.2, 0.25) is 0 Å². The van der Waals surface area contributed by atoms with Crippen molar-refractivity contribution in [2.24, 2.45) is 5.92 Å². The van der Waals surface area contributed by atoms with Crippen LogP contribution >= 0.6 is 0 Å². The van der Waals surface area contributed by atoms with E-state index in [2.05, 4.69) is 5.32 Å². The number of nitrogens with one attached hydrogen (secondary N) is 1. The van der Waals surface area contributed by atoms with E-state index in [1.807, 2.05) is 0 Å². The molecule has 3 rings (SSSR count). The van der Waals surface area contributed by atoms with Crippen molar-refractivity contribution in [1.29, 1.82) is 0 Å². The van der Waals surface area contributed by atoms with E-state index in [1.54, 1.807) is 6.07 Å². The van der Waals surface area contributed by atoms with Crippen LogP contribution in [0.15, 0.2) is 23.1 Å². The summed E-state index contributed by atoms with van der Waals surface area (Å²) < 4.78 is 26.1. The van der Waals surface area contributed by atoms with Gasteiger partial charge >= 0.3 is 5.97 Å². The average Bonchev–Trinajstić information content (AvgIpc) is 2.71. The van der Waals surface area contributed by atoms with Gasteiger partial charge in [-0.25, -0.2) is 8.42 Å². The quantitative estimate of drug-likeness (QED) is 0.831. The number of amides is 1.